The highest BCUT2D eigenvalue weighted by atomic mass is 16.5. The molecule has 0 radical (unpaired) electrons. The number of carboxylic acid groups (broad SMARTS) is 1. The molecule has 0 spiro atoms. The molecule has 7 heteroatoms. The molecular weight excluding hydrogens is 408 g/mol. The molecule has 1 heterocycles. The van der Waals surface area contributed by atoms with E-state index in [0.29, 0.717) is 19.0 Å². The molecular formula is C25H28N2O5. The van der Waals surface area contributed by atoms with E-state index in [-0.39, 0.29) is 18.4 Å². The molecule has 1 fully saturated rings. The largest absolute Gasteiger partial charge is 0.481 e. The highest BCUT2D eigenvalue weighted by molar-refractivity contribution is 5.89. The Morgan fingerprint density at radius 2 is 1.59 bits per heavy atom. The first-order valence-electron chi connectivity index (χ1n) is 11.1. The minimum atomic E-state index is -1.15. The molecule has 2 N–H and O–H groups in total. The number of hydrogen-bond donors (Lipinski definition) is 2. The number of hydrogen-bond acceptors (Lipinski definition) is 4. The highest BCUT2D eigenvalue weighted by Crippen LogP contribution is 2.44. The summed E-state index contributed by atoms with van der Waals surface area (Å²) in [4.78, 5) is 38.4. The number of amides is 2. The smallest absolute Gasteiger partial charge is 0.407 e. The third kappa shape index (κ3) is 4.61. The zero-order valence-corrected chi connectivity index (χ0v) is 18.1. The van der Waals surface area contributed by atoms with Crippen LogP contribution >= 0.6 is 0 Å². The van der Waals surface area contributed by atoms with E-state index in [2.05, 4.69) is 24.4 Å². The zero-order valence-electron chi connectivity index (χ0n) is 18.1. The lowest BCUT2D eigenvalue weighted by molar-refractivity contribution is -0.143. The number of carboxylic acids is 1. The second kappa shape index (κ2) is 9.42. The van der Waals surface area contributed by atoms with Crippen molar-refractivity contribution in [2.24, 2.45) is 5.92 Å². The zero-order chi connectivity index (χ0) is 22.7. The molecule has 4 rings (SSSR count). The second-order valence-corrected chi connectivity index (χ2v) is 8.63. The van der Waals surface area contributed by atoms with Gasteiger partial charge in [0.05, 0.1) is 6.42 Å². The summed E-state index contributed by atoms with van der Waals surface area (Å²) in [7, 11) is 0. The summed E-state index contributed by atoms with van der Waals surface area (Å²) in [6.07, 6.45) is 0.485. The number of carbonyl (C=O) groups excluding carboxylic acids is 2. The quantitative estimate of drug-likeness (QED) is 0.721. The maximum absolute atomic E-state index is 12.9. The summed E-state index contributed by atoms with van der Waals surface area (Å²) in [6.45, 7) is 3.38. The van der Waals surface area contributed by atoms with Crippen LogP contribution < -0.4 is 5.32 Å². The summed E-state index contributed by atoms with van der Waals surface area (Å²) in [6, 6.07) is 14.9. The van der Waals surface area contributed by atoms with Gasteiger partial charge in [0.15, 0.2) is 0 Å². The van der Waals surface area contributed by atoms with Crippen molar-refractivity contribution in [2.75, 3.05) is 19.7 Å². The molecule has 7 nitrogen and oxygen atoms in total. The molecule has 1 unspecified atom stereocenters. The number of nitrogens with one attached hydrogen (secondary N) is 1. The molecule has 2 amide bonds. The number of piperidine rings is 1. The Morgan fingerprint density at radius 3 is 2.16 bits per heavy atom. The van der Waals surface area contributed by atoms with E-state index >= 15 is 0 Å². The number of fused-ring (bicyclic) bond motifs is 3. The molecule has 0 bridgehead atoms. The Hall–Kier alpha value is -3.35. The SMILES string of the molecule is CC1CCN(C(=O)C(CC(=O)O)NC(=O)OCC2c3ccccc3-c3ccccc32)CC1. The van der Waals surface area contributed by atoms with Gasteiger partial charge in [0.2, 0.25) is 5.91 Å². The third-order valence-corrected chi connectivity index (χ3v) is 6.41. The molecule has 1 saturated heterocycles. The lowest BCUT2D eigenvalue weighted by Crippen LogP contribution is -2.51. The summed E-state index contributed by atoms with van der Waals surface area (Å²) in [5.74, 6) is -1.09. The fourth-order valence-electron chi connectivity index (χ4n) is 4.61. The number of alkyl carbamates (subject to hydrolysis) is 1. The van der Waals surface area contributed by atoms with E-state index < -0.39 is 24.5 Å². The van der Waals surface area contributed by atoms with Crippen LogP contribution in [-0.4, -0.2) is 53.7 Å². The number of nitrogens with zero attached hydrogens (tertiary/aromatic N) is 1. The van der Waals surface area contributed by atoms with Crippen LogP contribution in [0.25, 0.3) is 11.1 Å². The number of aliphatic carboxylic acids is 1. The van der Waals surface area contributed by atoms with Crippen LogP contribution in [0.5, 0.6) is 0 Å². The maximum Gasteiger partial charge on any atom is 0.407 e. The molecule has 2 aromatic carbocycles. The summed E-state index contributed by atoms with van der Waals surface area (Å²) in [5, 5.41) is 11.7. The van der Waals surface area contributed by atoms with Crippen LogP contribution in [0.4, 0.5) is 4.79 Å². The van der Waals surface area contributed by atoms with Crippen molar-refractivity contribution < 1.29 is 24.2 Å². The number of ether oxygens (including phenoxy) is 1. The van der Waals surface area contributed by atoms with Crippen molar-refractivity contribution in [1.29, 1.82) is 0 Å². The van der Waals surface area contributed by atoms with Crippen molar-refractivity contribution in [1.82, 2.24) is 10.2 Å². The van der Waals surface area contributed by atoms with Gasteiger partial charge in [-0.3, -0.25) is 9.59 Å². The molecule has 1 atom stereocenters. The van der Waals surface area contributed by atoms with Gasteiger partial charge in [-0.2, -0.15) is 0 Å². The molecule has 1 aliphatic carbocycles. The molecule has 2 aromatic rings. The monoisotopic (exact) mass is 436 g/mol. The summed E-state index contributed by atoms with van der Waals surface area (Å²) in [5.41, 5.74) is 4.41. The first-order chi connectivity index (χ1) is 15.4. The average molecular weight is 437 g/mol. The van der Waals surface area contributed by atoms with Gasteiger partial charge in [-0.25, -0.2) is 4.79 Å². The number of rotatable bonds is 6. The number of likely N-dealkylation sites (tertiary alicyclic amines) is 1. The van der Waals surface area contributed by atoms with E-state index in [4.69, 9.17) is 4.74 Å². The van der Waals surface area contributed by atoms with E-state index in [1.165, 1.54) is 0 Å². The summed E-state index contributed by atoms with van der Waals surface area (Å²) >= 11 is 0. The van der Waals surface area contributed by atoms with Gasteiger partial charge < -0.3 is 20.1 Å². The number of benzene rings is 2. The highest BCUT2D eigenvalue weighted by Gasteiger charge is 2.32. The summed E-state index contributed by atoms with van der Waals surface area (Å²) < 4.78 is 5.49. The van der Waals surface area contributed by atoms with E-state index in [0.717, 1.165) is 35.1 Å². The first kappa shape index (κ1) is 21.9. The lowest BCUT2D eigenvalue weighted by Gasteiger charge is -2.32. The van der Waals surface area contributed by atoms with E-state index in [1.807, 2.05) is 36.4 Å². The number of carbonyl (C=O) groups is 3. The normalized spacial score (nSPS) is 16.7. The van der Waals surface area contributed by atoms with Crippen LogP contribution in [0.3, 0.4) is 0 Å². The maximum atomic E-state index is 12.9. The van der Waals surface area contributed by atoms with Crippen LogP contribution in [0.2, 0.25) is 0 Å². The average Bonchev–Trinajstić information content (AvgIpc) is 3.11. The van der Waals surface area contributed by atoms with E-state index in [1.54, 1.807) is 4.90 Å². The standard InChI is InChI=1S/C25H28N2O5/c1-16-10-12-27(13-11-16)24(30)22(14-23(28)29)26-25(31)32-15-21-19-8-4-2-6-17(19)18-7-3-5-9-20(18)21/h2-9,16,21-22H,10-15H2,1H3,(H,26,31)(H,28,29). The Bertz CT molecular complexity index is 967. The Balaban J connectivity index is 1.42. The Morgan fingerprint density at radius 1 is 1.03 bits per heavy atom. The third-order valence-electron chi connectivity index (χ3n) is 6.41. The minimum absolute atomic E-state index is 0.106. The van der Waals surface area contributed by atoms with Crippen molar-refractivity contribution in [2.45, 2.75) is 38.1 Å². The molecule has 168 valence electrons. The van der Waals surface area contributed by atoms with Gasteiger partial charge >= 0.3 is 12.1 Å². The van der Waals surface area contributed by atoms with Gasteiger partial charge in [0.1, 0.15) is 12.6 Å². The van der Waals surface area contributed by atoms with Gasteiger partial charge in [-0.15, -0.1) is 0 Å². The molecule has 32 heavy (non-hydrogen) atoms. The van der Waals surface area contributed by atoms with Crippen molar-refractivity contribution in [3.8, 4) is 11.1 Å². The van der Waals surface area contributed by atoms with E-state index in [9.17, 15) is 19.5 Å². The second-order valence-electron chi connectivity index (χ2n) is 8.63. The predicted molar refractivity (Wildman–Crippen MR) is 119 cm³/mol. The Labute approximate surface area is 187 Å². The van der Waals surface area contributed by atoms with Gasteiger partial charge in [-0.1, -0.05) is 55.5 Å². The topological polar surface area (TPSA) is 95.9 Å². The van der Waals surface area contributed by atoms with Crippen LogP contribution in [-0.2, 0) is 14.3 Å². The first-order valence-corrected chi connectivity index (χ1v) is 11.1. The van der Waals surface area contributed by atoms with Crippen LogP contribution in [0.15, 0.2) is 48.5 Å². The molecule has 2 aliphatic rings. The molecule has 0 saturated carbocycles. The van der Waals surface area contributed by atoms with Crippen molar-refractivity contribution >= 4 is 18.0 Å². The van der Waals surface area contributed by atoms with Crippen LogP contribution in [0, 0.1) is 5.92 Å². The van der Waals surface area contributed by atoms with Crippen molar-refractivity contribution in [3.05, 3.63) is 59.7 Å². The van der Waals surface area contributed by atoms with Gasteiger partial charge in [0, 0.05) is 19.0 Å². The van der Waals surface area contributed by atoms with Gasteiger partial charge in [-0.05, 0) is 41.0 Å². The van der Waals surface area contributed by atoms with Gasteiger partial charge in [0.25, 0.3) is 0 Å². The van der Waals surface area contributed by atoms with Crippen molar-refractivity contribution in [3.63, 3.8) is 0 Å². The molecule has 0 aromatic heterocycles. The fourth-order valence-corrected chi connectivity index (χ4v) is 4.61. The lowest BCUT2D eigenvalue weighted by atomic mass is 9.98. The predicted octanol–water partition coefficient (Wildman–Crippen LogP) is 3.63. The molecule has 1 aliphatic heterocycles. The van der Waals surface area contributed by atoms with Crippen LogP contribution in [0.1, 0.15) is 43.2 Å². The fraction of sp³-hybridized carbons (Fsp3) is 0.400. The minimum Gasteiger partial charge on any atom is -0.481 e. The Kier molecular flexibility index (Phi) is 6.44.